The minimum absolute atomic E-state index is 0.264. The molecule has 1 aromatic carbocycles. The highest BCUT2D eigenvalue weighted by Crippen LogP contribution is 2.16. The van der Waals surface area contributed by atoms with Gasteiger partial charge in [-0.25, -0.2) is 8.78 Å². The molecule has 0 radical (unpaired) electrons. The van der Waals surface area contributed by atoms with E-state index in [9.17, 15) is 8.78 Å². The third kappa shape index (κ3) is 4.10. The van der Waals surface area contributed by atoms with Crippen molar-refractivity contribution in [2.75, 3.05) is 13.2 Å². The van der Waals surface area contributed by atoms with Crippen LogP contribution in [0.25, 0.3) is 0 Å². The zero-order valence-corrected chi connectivity index (χ0v) is 9.45. The number of hydrogen-bond donors (Lipinski definition) is 2. The summed E-state index contributed by atoms with van der Waals surface area (Å²) < 4.78 is 25.6. The maximum atomic E-state index is 12.8. The van der Waals surface area contributed by atoms with E-state index in [2.05, 4.69) is 5.32 Å². The average molecular weight is 240 g/mol. The quantitative estimate of drug-likeness (QED) is 0.825. The molecule has 3 nitrogen and oxygen atoms in total. The number of benzene rings is 1. The molecule has 0 aliphatic heterocycles. The van der Waals surface area contributed by atoms with Gasteiger partial charge in [0.1, 0.15) is 6.61 Å². The van der Waals surface area contributed by atoms with Crippen molar-refractivity contribution in [2.45, 2.75) is 18.9 Å². The first-order valence-corrected chi connectivity index (χ1v) is 5.20. The van der Waals surface area contributed by atoms with Crippen molar-refractivity contribution in [1.29, 1.82) is 5.26 Å². The number of rotatable bonds is 5. The second kappa shape index (κ2) is 5.71. The van der Waals surface area contributed by atoms with Crippen LogP contribution in [0.1, 0.15) is 24.1 Å². The van der Waals surface area contributed by atoms with Crippen LogP contribution in [0.15, 0.2) is 24.3 Å². The van der Waals surface area contributed by atoms with Gasteiger partial charge in [-0.15, -0.1) is 0 Å². The van der Waals surface area contributed by atoms with Crippen LogP contribution in [0.2, 0.25) is 0 Å². The molecule has 0 fully saturated rings. The van der Waals surface area contributed by atoms with E-state index in [1.807, 2.05) is 6.07 Å². The smallest absolute Gasteiger partial charge is 0.282 e. The molecule has 92 valence electrons. The average Bonchev–Trinajstić information content (AvgIpc) is 2.36. The fourth-order valence-electron chi connectivity index (χ4n) is 1.32. The predicted molar refractivity (Wildman–Crippen MR) is 59.6 cm³/mol. The van der Waals surface area contributed by atoms with E-state index in [1.54, 1.807) is 31.2 Å². The van der Waals surface area contributed by atoms with E-state index in [4.69, 9.17) is 10.4 Å². The number of nitrogens with one attached hydrogen (secondary N) is 1. The molecule has 2 N–H and O–H groups in total. The molecular weight excluding hydrogens is 226 g/mol. The third-order valence-corrected chi connectivity index (χ3v) is 2.44. The Balaban J connectivity index is 2.58. The first kappa shape index (κ1) is 13.6. The van der Waals surface area contributed by atoms with E-state index in [1.165, 1.54) is 0 Å². The van der Waals surface area contributed by atoms with Gasteiger partial charge in [-0.1, -0.05) is 12.1 Å². The van der Waals surface area contributed by atoms with Crippen molar-refractivity contribution in [2.24, 2.45) is 0 Å². The van der Waals surface area contributed by atoms with E-state index in [0.29, 0.717) is 5.56 Å². The van der Waals surface area contributed by atoms with Crippen LogP contribution in [-0.2, 0) is 0 Å². The van der Waals surface area contributed by atoms with E-state index in [0.717, 1.165) is 5.56 Å². The van der Waals surface area contributed by atoms with Crippen LogP contribution in [0.3, 0.4) is 0 Å². The number of nitrogens with zero attached hydrogens (tertiary/aromatic N) is 1. The summed E-state index contributed by atoms with van der Waals surface area (Å²) in [5.41, 5.74) is 1.35. The summed E-state index contributed by atoms with van der Waals surface area (Å²) in [6.07, 6.45) is 0. The first-order valence-electron chi connectivity index (χ1n) is 5.20. The van der Waals surface area contributed by atoms with Gasteiger partial charge in [0, 0.05) is 6.04 Å². The SMILES string of the molecule is CC(NCC(F)(F)CO)c1ccc(C#N)cc1. The summed E-state index contributed by atoms with van der Waals surface area (Å²) in [5, 5.41) is 19.7. The summed E-state index contributed by atoms with van der Waals surface area (Å²) in [6.45, 7) is -0.000403. The molecule has 0 aromatic heterocycles. The van der Waals surface area contributed by atoms with Gasteiger partial charge in [0.2, 0.25) is 0 Å². The van der Waals surface area contributed by atoms with E-state index in [-0.39, 0.29) is 6.04 Å². The predicted octanol–water partition coefficient (Wildman–Crippen LogP) is 1.84. The maximum Gasteiger partial charge on any atom is 0.282 e. The molecule has 0 saturated carbocycles. The lowest BCUT2D eigenvalue weighted by Crippen LogP contribution is -2.37. The second-order valence-electron chi connectivity index (χ2n) is 3.85. The number of hydrogen-bond acceptors (Lipinski definition) is 3. The normalized spacial score (nSPS) is 13.1. The number of aliphatic hydroxyl groups excluding tert-OH is 1. The summed E-state index contributed by atoms with van der Waals surface area (Å²) in [6, 6.07) is 8.43. The minimum atomic E-state index is -3.11. The van der Waals surface area contributed by atoms with Gasteiger partial charge in [-0.05, 0) is 24.6 Å². The highest BCUT2D eigenvalue weighted by Gasteiger charge is 2.27. The molecule has 1 aromatic rings. The fraction of sp³-hybridized carbons (Fsp3) is 0.417. The third-order valence-electron chi connectivity index (χ3n) is 2.44. The Bertz CT molecular complexity index is 398. The van der Waals surface area contributed by atoms with Crippen LogP contribution in [-0.4, -0.2) is 24.2 Å². The van der Waals surface area contributed by atoms with Crippen molar-refractivity contribution in [3.63, 3.8) is 0 Å². The first-order chi connectivity index (χ1) is 7.98. The number of nitriles is 1. The highest BCUT2D eigenvalue weighted by molar-refractivity contribution is 5.32. The van der Waals surface area contributed by atoms with Gasteiger partial charge < -0.3 is 10.4 Å². The lowest BCUT2D eigenvalue weighted by atomic mass is 10.1. The standard InChI is InChI=1S/C12H14F2N2O/c1-9(16-7-12(13,14)8-17)11-4-2-10(6-15)3-5-11/h2-5,9,16-17H,7-8H2,1H3. The second-order valence-corrected chi connectivity index (χ2v) is 3.85. The molecule has 5 heteroatoms. The van der Waals surface area contributed by atoms with Crippen molar-refractivity contribution in [3.8, 4) is 6.07 Å². The Kier molecular flexibility index (Phi) is 4.55. The molecule has 0 aliphatic carbocycles. The lowest BCUT2D eigenvalue weighted by Gasteiger charge is -2.19. The van der Waals surface area contributed by atoms with Crippen molar-refractivity contribution in [1.82, 2.24) is 5.32 Å². The summed E-state index contributed by atoms with van der Waals surface area (Å²) in [4.78, 5) is 0. The number of halogens is 2. The van der Waals surface area contributed by atoms with Crippen LogP contribution < -0.4 is 5.32 Å². The minimum Gasteiger partial charge on any atom is -0.390 e. The zero-order chi connectivity index (χ0) is 12.9. The molecule has 1 rings (SSSR count). The Labute approximate surface area is 98.7 Å². The Morgan fingerprint density at radius 2 is 2.00 bits per heavy atom. The van der Waals surface area contributed by atoms with Crippen molar-refractivity contribution >= 4 is 0 Å². The molecule has 0 saturated heterocycles. The molecule has 1 unspecified atom stereocenters. The number of alkyl halides is 2. The maximum absolute atomic E-state index is 12.8. The van der Waals surface area contributed by atoms with Gasteiger partial charge in [0.15, 0.2) is 0 Å². The fourth-order valence-corrected chi connectivity index (χ4v) is 1.32. The molecule has 0 bridgehead atoms. The molecule has 0 amide bonds. The summed E-state index contributed by atoms with van der Waals surface area (Å²) in [5.74, 6) is -3.11. The molecule has 0 heterocycles. The largest absolute Gasteiger partial charge is 0.390 e. The van der Waals surface area contributed by atoms with E-state index >= 15 is 0 Å². The van der Waals surface area contributed by atoms with Crippen LogP contribution in [0.5, 0.6) is 0 Å². The monoisotopic (exact) mass is 240 g/mol. The summed E-state index contributed by atoms with van der Waals surface area (Å²) in [7, 11) is 0. The molecule has 1 atom stereocenters. The van der Waals surface area contributed by atoms with Gasteiger partial charge in [-0.2, -0.15) is 5.26 Å². The lowest BCUT2D eigenvalue weighted by molar-refractivity contribution is -0.0490. The Morgan fingerprint density at radius 1 is 1.41 bits per heavy atom. The zero-order valence-electron chi connectivity index (χ0n) is 9.45. The molecule has 0 spiro atoms. The topological polar surface area (TPSA) is 56.0 Å². The van der Waals surface area contributed by atoms with E-state index < -0.39 is 19.1 Å². The van der Waals surface area contributed by atoms with Crippen LogP contribution >= 0.6 is 0 Å². The van der Waals surface area contributed by atoms with Crippen molar-refractivity contribution in [3.05, 3.63) is 35.4 Å². The molecule has 17 heavy (non-hydrogen) atoms. The van der Waals surface area contributed by atoms with Gasteiger partial charge in [-0.3, -0.25) is 0 Å². The Hall–Kier alpha value is -1.51. The van der Waals surface area contributed by atoms with Crippen LogP contribution in [0, 0.1) is 11.3 Å². The van der Waals surface area contributed by atoms with Crippen LogP contribution in [0.4, 0.5) is 8.78 Å². The number of aliphatic hydroxyl groups is 1. The van der Waals surface area contributed by atoms with Gasteiger partial charge in [0.25, 0.3) is 5.92 Å². The summed E-state index contributed by atoms with van der Waals surface area (Å²) >= 11 is 0. The van der Waals surface area contributed by atoms with Crippen molar-refractivity contribution < 1.29 is 13.9 Å². The van der Waals surface area contributed by atoms with Gasteiger partial charge in [0.05, 0.1) is 18.2 Å². The van der Waals surface area contributed by atoms with Gasteiger partial charge >= 0.3 is 0 Å². The highest BCUT2D eigenvalue weighted by atomic mass is 19.3. The molecule has 0 aliphatic rings. The molecular formula is C12H14F2N2O. The Morgan fingerprint density at radius 3 is 2.47 bits per heavy atom.